The third-order valence-corrected chi connectivity index (χ3v) is 0.904. The minimum absolute atomic E-state index is 0.194. The van der Waals surface area contributed by atoms with Crippen LogP contribution in [-0.2, 0) is 4.79 Å². The predicted molar refractivity (Wildman–Crippen MR) is 33.8 cm³/mol. The number of nitrogens with one attached hydrogen (secondary N) is 1. The van der Waals surface area contributed by atoms with Gasteiger partial charge in [0.1, 0.15) is 7.63 Å². The van der Waals surface area contributed by atoms with Crippen LogP contribution >= 0.6 is 0 Å². The van der Waals surface area contributed by atoms with Crippen molar-refractivity contribution >= 4 is 6.26 Å². The summed E-state index contributed by atoms with van der Waals surface area (Å²) in [6, 6.07) is 0. The van der Waals surface area contributed by atoms with Gasteiger partial charge in [0.05, 0.1) is 6.54 Å². The monoisotopic (exact) mass is 116 g/mol. The van der Waals surface area contributed by atoms with E-state index in [9.17, 15) is 4.79 Å². The van der Waals surface area contributed by atoms with Crippen molar-refractivity contribution in [3.05, 3.63) is 0 Å². The van der Waals surface area contributed by atoms with E-state index < -0.39 is 6.26 Å². The van der Waals surface area contributed by atoms with Crippen molar-refractivity contribution in [2.45, 2.75) is 19.8 Å². The summed E-state index contributed by atoms with van der Waals surface area (Å²) in [5.41, 5.74) is 0. The van der Waals surface area contributed by atoms with E-state index in [0.29, 0.717) is 0 Å². The quantitative estimate of drug-likeness (QED) is 0.420. The molecule has 2 nitrogen and oxygen atoms in total. The highest BCUT2D eigenvalue weighted by molar-refractivity contribution is 5.51. The highest BCUT2D eigenvalue weighted by atomic mass is 16.1. The Labute approximate surface area is 51.7 Å². The van der Waals surface area contributed by atoms with Gasteiger partial charge in [0.25, 0.3) is 0 Å². The maximum absolute atomic E-state index is 10.0. The van der Waals surface area contributed by atoms with Gasteiger partial charge in [-0.05, 0) is 13.0 Å². The highest BCUT2D eigenvalue weighted by Gasteiger charge is 1.80. The first-order valence-corrected chi connectivity index (χ1v) is 2.97. The molecule has 0 aliphatic rings. The topological polar surface area (TPSA) is 29.1 Å². The zero-order valence-electron chi connectivity index (χ0n) is 6.24. The largest absolute Gasteiger partial charge is 0.310 e. The molecular weight excluding hydrogens is 102 g/mol. The van der Waals surface area contributed by atoms with Crippen molar-refractivity contribution in [2.75, 3.05) is 13.1 Å². The van der Waals surface area contributed by atoms with Gasteiger partial charge in [-0.2, -0.15) is 0 Å². The lowest BCUT2D eigenvalue weighted by Crippen LogP contribution is -2.16. The Morgan fingerprint density at radius 3 is 3.12 bits per heavy atom. The minimum Gasteiger partial charge on any atom is -0.310 e. The van der Waals surface area contributed by atoms with Crippen molar-refractivity contribution in [2.24, 2.45) is 0 Å². The van der Waals surface area contributed by atoms with E-state index in [1.807, 2.05) is 0 Å². The average molecular weight is 116 g/mol. The Morgan fingerprint density at radius 1 is 1.88 bits per heavy atom. The molecule has 0 fully saturated rings. The van der Waals surface area contributed by atoms with Gasteiger partial charge < -0.3 is 10.1 Å². The first-order chi connectivity index (χ1) is 4.27. The van der Waals surface area contributed by atoms with E-state index in [-0.39, 0.29) is 6.54 Å². The Morgan fingerprint density at radius 2 is 2.62 bits per heavy atom. The van der Waals surface area contributed by atoms with Gasteiger partial charge in [0.2, 0.25) is 0 Å². The number of aldehydes is 1. The average Bonchev–Trinajstić information content (AvgIpc) is 1.80. The molecule has 0 spiro atoms. The molecule has 0 aliphatic heterocycles. The van der Waals surface area contributed by atoms with Crippen LogP contribution in [0.5, 0.6) is 0 Å². The lowest BCUT2D eigenvalue weighted by molar-refractivity contribution is -0.107. The van der Waals surface area contributed by atoms with Crippen LogP contribution in [0.15, 0.2) is 0 Å². The fraction of sp³-hybridized carbons (Fsp3) is 0.833. The molecule has 0 rings (SSSR count). The van der Waals surface area contributed by atoms with E-state index >= 15 is 0 Å². The molecule has 1 N–H and O–H groups in total. The summed E-state index contributed by atoms with van der Waals surface area (Å²) in [6.07, 6.45) is 1.66. The molecule has 0 atom stereocenters. The summed E-state index contributed by atoms with van der Waals surface area (Å²) in [5.74, 6) is 0. The minimum atomic E-state index is -0.536. The maximum Gasteiger partial charge on any atom is 0.133 e. The lowest BCUT2D eigenvalue weighted by atomic mass is 10.3. The molecule has 0 aromatic rings. The van der Waals surface area contributed by atoms with Crippen molar-refractivity contribution < 1.29 is 6.17 Å². The zero-order valence-corrected chi connectivity index (χ0v) is 5.24. The van der Waals surface area contributed by atoms with Crippen LogP contribution in [0.4, 0.5) is 0 Å². The number of hydrogen-bond acceptors (Lipinski definition) is 2. The fourth-order valence-electron chi connectivity index (χ4n) is 0.441. The third kappa shape index (κ3) is 5.63. The van der Waals surface area contributed by atoms with Gasteiger partial charge in [-0.1, -0.05) is 13.3 Å². The van der Waals surface area contributed by atoms with Crippen LogP contribution in [0.3, 0.4) is 0 Å². The van der Waals surface area contributed by atoms with Crippen LogP contribution in [-0.4, -0.2) is 19.4 Å². The fourth-order valence-corrected chi connectivity index (χ4v) is 0.441. The number of hydrogen-bond donors (Lipinski definition) is 1. The number of carbonyl (C=O) groups is 1. The molecule has 0 aromatic carbocycles. The molecular formula is C6H13NO. The number of rotatable bonds is 5. The summed E-state index contributed by atoms with van der Waals surface area (Å²) in [4.78, 5) is 10.0. The molecule has 0 aromatic heterocycles. The lowest BCUT2D eigenvalue weighted by Gasteiger charge is -1.94. The molecule has 8 heavy (non-hydrogen) atoms. The van der Waals surface area contributed by atoms with Crippen LogP contribution < -0.4 is 5.32 Å². The van der Waals surface area contributed by atoms with Crippen LogP contribution in [0.1, 0.15) is 21.1 Å². The standard InChI is InChI=1S/C6H13NO/c1-2-3-4-7-5-6-8/h6-7H,2-5H2,1H3/i6D. The van der Waals surface area contributed by atoms with E-state index in [2.05, 4.69) is 12.2 Å². The third-order valence-electron chi connectivity index (χ3n) is 0.904. The summed E-state index contributed by atoms with van der Waals surface area (Å²) in [5, 5.41) is 2.85. The molecule has 0 aliphatic carbocycles. The second-order valence-electron chi connectivity index (χ2n) is 1.67. The van der Waals surface area contributed by atoms with Crippen molar-refractivity contribution in [3.8, 4) is 0 Å². The van der Waals surface area contributed by atoms with Crippen molar-refractivity contribution in [3.63, 3.8) is 0 Å². The van der Waals surface area contributed by atoms with E-state index in [1.165, 1.54) is 0 Å². The van der Waals surface area contributed by atoms with Crippen LogP contribution in [0, 0.1) is 0 Å². The summed E-state index contributed by atoms with van der Waals surface area (Å²) in [7, 11) is 0. The Balaban J connectivity index is 2.83. The summed E-state index contributed by atoms with van der Waals surface area (Å²) < 4.78 is 6.51. The van der Waals surface area contributed by atoms with Gasteiger partial charge in [-0.3, -0.25) is 0 Å². The molecule has 0 unspecified atom stereocenters. The Hall–Kier alpha value is -0.370. The van der Waals surface area contributed by atoms with Crippen molar-refractivity contribution in [1.29, 1.82) is 0 Å². The second-order valence-corrected chi connectivity index (χ2v) is 1.67. The maximum atomic E-state index is 10.0. The smallest absolute Gasteiger partial charge is 0.133 e. The van der Waals surface area contributed by atoms with Gasteiger partial charge in [0, 0.05) is 0 Å². The van der Waals surface area contributed by atoms with Crippen LogP contribution in [0.25, 0.3) is 0 Å². The van der Waals surface area contributed by atoms with Gasteiger partial charge in [-0.15, -0.1) is 0 Å². The summed E-state index contributed by atoms with van der Waals surface area (Å²) in [6.45, 7) is 3.13. The molecule has 0 bridgehead atoms. The molecule has 0 heterocycles. The number of carbonyl (C=O) groups excluding carboxylic acids is 1. The molecule has 48 valence electrons. The normalized spacial score (nSPS) is 10.9. The molecule has 2 heteroatoms. The Kier molecular flexibility index (Phi) is 4.77. The van der Waals surface area contributed by atoms with E-state index in [4.69, 9.17) is 1.37 Å². The zero-order chi connectivity index (χ0) is 7.11. The van der Waals surface area contributed by atoms with Gasteiger partial charge >= 0.3 is 0 Å². The first kappa shape index (κ1) is 5.76. The molecule has 0 radical (unpaired) electrons. The van der Waals surface area contributed by atoms with Crippen molar-refractivity contribution in [1.82, 2.24) is 5.32 Å². The van der Waals surface area contributed by atoms with Gasteiger partial charge in [0.15, 0.2) is 0 Å². The van der Waals surface area contributed by atoms with Crippen LogP contribution in [0.2, 0.25) is 0 Å². The number of unbranched alkanes of at least 4 members (excludes halogenated alkanes) is 1. The second kappa shape index (κ2) is 6.63. The first-order valence-electron chi connectivity index (χ1n) is 3.47. The highest BCUT2D eigenvalue weighted by Crippen LogP contribution is 1.80. The van der Waals surface area contributed by atoms with E-state index in [0.717, 1.165) is 19.4 Å². The molecule has 0 saturated heterocycles. The predicted octanol–water partition coefficient (Wildman–Crippen LogP) is 0.575. The van der Waals surface area contributed by atoms with E-state index in [1.54, 1.807) is 0 Å². The SMILES string of the molecule is [2H]C(=O)CNCCCC. The molecule has 0 amide bonds. The van der Waals surface area contributed by atoms with Gasteiger partial charge in [-0.25, -0.2) is 0 Å². The molecule has 0 saturated carbocycles. The Bertz CT molecular complexity index is 85.1. The summed E-state index contributed by atoms with van der Waals surface area (Å²) >= 11 is 0.